The molecule has 4 N–H and O–H groups in total. The average molecular weight is 710 g/mol. The van der Waals surface area contributed by atoms with Gasteiger partial charge in [0, 0.05) is 85.4 Å². The van der Waals surface area contributed by atoms with Crippen molar-refractivity contribution < 1.29 is 48.5 Å². The second kappa shape index (κ2) is 15.1. The number of hydrogen-bond donors (Lipinski definition) is 4. The number of esters is 1. The monoisotopic (exact) mass is 709 g/mol. The molecule has 13 heteroatoms. The first-order valence-corrected chi connectivity index (χ1v) is 17.3. The zero-order chi connectivity index (χ0) is 37.0. The summed E-state index contributed by atoms with van der Waals surface area (Å²) in [4.78, 5) is 76.4. The predicted octanol–water partition coefficient (Wildman–Crippen LogP) is 4.37. The number of benzene rings is 3. The van der Waals surface area contributed by atoms with E-state index in [1.165, 1.54) is 54.4 Å². The first-order chi connectivity index (χ1) is 25.0. The molecule has 13 nitrogen and oxygen atoms in total. The third-order valence-corrected chi connectivity index (χ3v) is 9.63. The van der Waals surface area contributed by atoms with Crippen molar-refractivity contribution in [3.63, 3.8) is 0 Å². The second-order valence-electron chi connectivity index (χ2n) is 13.1. The Morgan fingerprint density at radius 3 is 2.12 bits per heavy atom. The molecular formula is C39H39N3O10. The number of hydrogen-bond acceptors (Lipinski definition) is 10. The summed E-state index contributed by atoms with van der Waals surface area (Å²) in [6, 6.07) is 13.6. The van der Waals surface area contributed by atoms with E-state index in [2.05, 4.69) is 10.6 Å². The molecular weight excluding hydrogens is 670 g/mol. The lowest BCUT2D eigenvalue weighted by Gasteiger charge is -2.36. The van der Waals surface area contributed by atoms with Crippen LogP contribution in [-0.4, -0.2) is 70.6 Å². The Bertz CT molecular complexity index is 1920. The fraction of sp³-hybridized carbons (Fsp3) is 0.333. The van der Waals surface area contributed by atoms with Crippen LogP contribution in [0.5, 0.6) is 23.0 Å². The minimum Gasteiger partial charge on any atom is -0.508 e. The van der Waals surface area contributed by atoms with Crippen molar-refractivity contribution >= 4 is 35.4 Å². The van der Waals surface area contributed by atoms with Crippen molar-refractivity contribution in [3.05, 3.63) is 94.6 Å². The van der Waals surface area contributed by atoms with Crippen molar-refractivity contribution in [1.29, 1.82) is 0 Å². The highest BCUT2D eigenvalue weighted by Crippen LogP contribution is 2.57. The second-order valence-corrected chi connectivity index (χ2v) is 13.1. The number of rotatable bonds is 15. The molecule has 3 heterocycles. The van der Waals surface area contributed by atoms with Crippen LogP contribution in [0.25, 0.3) is 0 Å². The molecule has 3 aliphatic heterocycles. The van der Waals surface area contributed by atoms with Gasteiger partial charge < -0.3 is 30.3 Å². The van der Waals surface area contributed by atoms with Gasteiger partial charge >= 0.3 is 5.97 Å². The maximum atomic E-state index is 13.5. The molecule has 4 amide bonds. The van der Waals surface area contributed by atoms with Crippen LogP contribution in [0.15, 0.2) is 66.7 Å². The maximum Gasteiger partial charge on any atom is 0.340 e. The molecule has 0 fully saturated rings. The lowest BCUT2D eigenvalue weighted by Crippen LogP contribution is -2.33. The van der Waals surface area contributed by atoms with Gasteiger partial charge in [0.15, 0.2) is 11.4 Å². The summed E-state index contributed by atoms with van der Waals surface area (Å²) in [6.07, 6.45) is 6.29. The number of carbonyl (C=O) groups is 6. The summed E-state index contributed by atoms with van der Waals surface area (Å²) in [5, 5.41) is 25.8. The van der Waals surface area contributed by atoms with Gasteiger partial charge in [-0.05, 0) is 56.0 Å². The molecule has 1 unspecified atom stereocenters. The third kappa shape index (κ3) is 7.11. The van der Waals surface area contributed by atoms with Crippen molar-refractivity contribution in [2.75, 3.05) is 20.1 Å². The number of phenols is 2. The van der Waals surface area contributed by atoms with E-state index in [9.17, 15) is 39.0 Å². The van der Waals surface area contributed by atoms with E-state index < -0.39 is 17.5 Å². The van der Waals surface area contributed by atoms with E-state index in [1.807, 2.05) is 0 Å². The summed E-state index contributed by atoms with van der Waals surface area (Å²) in [5.74, 6) is -2.26. The van der Waals surface area contributed by atoms with Crippen LogP contribution in [0.3, 0.4) is 0 Å². The summed E-state index contributed by atoms with van der Waals surface area (Å²) < 4.78 is 12.1. The fourth-order valence-electron chi connectivity index (χ4n) is 6.97. The predicted molar refractivity (Wildman–Crippen MR) is 186 cm³/mol. The van der Waals surface area contributed by atoms with Crippen molar-refractivity contribution in [1.82, 2.24) is 15.5 Å². The zero-order valence-corrected chi connectivity index (χ0v) is 28.6. The molecule has 3 aromatic carbocycles. The average Bonchev–Trinajstić information content (AvgIpc) is 3.60. The van der Waals surface area contributed by atoms with E-state index in [0.29, 0.717) is 74.7 Å². The van der Waals surface area contributed by atoms with Crippen molar-refractivity contribution in [2.45, 2.75) is 57.0 Å². The number of amides is 4. The Labute approximate surface area is 299 Å². The molecule has 0 aromatic heterocycles. The number of fused-ring (bicyclic) bond motifs is 6. The van der Waals surface area contributed by atoms with Gasteiger partial charge in [-0.25, -0.2) is 4.79 Å². The standard InChI is InChI=1S/C39H39N3O10/c1-40-37(49)24(7-4-5-17-41-34(46)8-3-2-6-18-42-35(47)15-16-36(42)48)20-31(45)23-9-12-28-27(19-23)38(50)52-39(28)29-13-10-25(43)21-32(29)51-33-22-26(44)11-14-30(33)39/h9-16,19,21-22,24,43-44H,2-8,17-18,20H2,1H3,(H,40,49)(H,41,46). The van der Waals surface area contributed by atoms with Gasteiger partial charge in [-0.15, -0.1) is 0 Å². The van der Waals surface area contributed by atoms with Crippen LogP contribution in [0.2, 0.25) is 0 Å². The smallest absolute Gasteiger partial charge is 0.340 e. The molecule has 0 saturated heterocycles. The highest BCUT2D eigenvalue weighted by Gasteiger charge is 2.53. The van der Waals surface area contributed by atoms with E-state index in [4.69, 9.17) is 9.47 Å². The lowest BCUT2D eigenvalue weighted by atomic mass is 9.77. The Balaban J connectivity index is 1.04. The van der Waals surface area contributed by atoms with Crippen LogP contribution >= 0.6 is 0 Å². The Morgan fingerprint density at radius 1 is 0.808 bits per heavy atom. The third-order valence-electron chi connectivity index (χ3n) is 9.63. The fourth-order valence-corrected chi connectivity index (χ4v) is 6.97. The highest BCUT2D eigenvalue weighted by atomic mass is 16.6. The molecule has 0 aliphatic carbocycles. The number of ketones is 1. The summed E-state index contributed by atoms with van der Waals surface area (Å²) in [6.45, 7) is 0.751. The molecule has 3 aromatic rings. The minimum atomic E-state index is -1.45. The van der Waals surface area contributed by atoms with Gasteiger partial charge in [0.2, 0.25) is 11.8 Å². The van der Waals surface area contributed by atoms with Gasteiger partial charge in [-0.2, -0.15) is 0 Å². The zero-order valence-electron chi connectivity index (χ0n) is 28.6. The molecule has 3 aliphatic rings. The molecule has 270 valence electrons. The number of nitrogens with zero attached hydrogens (tertiary/aromatic N) is 1. The molecule has 6 rings (SSSR count). The van der Waals surface area contributed by atoms with E-state index in [0.717, 1.165) is 0 Å². The molecule has 1 atom stereocenters. The first kappa shape index (κ1) is 35.8. The Morgan fingerprint density at radius 2 is 1.46 bits per heavy atom. The number of imide groups is 1. The van der Waals surface area contributed by atoms with Crippen LogP contribution < -0.4 is 15.4 Å². The number of nitrogens with one attached hydrogen (secondary N) is 2. The lowest BCUT2D eigenvalue weighted by molar-refractivity contribution is -0.137. The molecule has 1 spiro atoms. The van der Waals surface area contributed by atoms with Gasteiger partial charge in [0.1, 0.15) is 23.0 Å². The van der Waals surface area contributed by atoms with Gasteiger partial charge in [-0.1, -0.05) is 25.0 Å². The summed E-state index contributed by atoms with van der Waals surface area (Å²) in [7, 11) is 1.51. The number of carbonyl (C=O) groups excluding carboxylic acids is 6. The Kier molecular flexibility index (Phi) is 10.4. The van der Waals surface area contributed by atoms with Crippen LogP contribution in [0.1, 0.15) is 88.8 Å². The quantitative estimate of drug-likeness (QED) is 0.0764. The van der Waals surface area contributed by atoms with E-state index in [1.54, 1.807) is 24.3 Å². The van der Waals surface area contributed by atoms with Crippen molar-refractivity contribution in [3.8, 4) is 23.0 Å². The number of phenolic OH excluding ortho intramolecular Hbond substituents is 2. The van der Waals surface area contributed by atoms with Gasteiger partial charge in [0.05, 0.1) is 5.56 Å². The molecule has 0 bridgehead atoms. The van der Waals surface area contributed by atoms with Gasteiger partial charge in [-0.3, -0.25) is 28.9 Å². The SMILES string of the molecule is CNC(=O)C(CCCCNC(=O)CCCCCN1C(=O)C=CC1=O)CC(=O)c1ccc2c(c1)C(=O)OC21c2ccc(O)cc2Oc2cc(O)ccc21. The molecule has 0 saturated carbocycles. The largest absolute Gasteiger partial charge is 0.508 e. The van der Waals surface area contributed by atoms with Gasteiger partial charge in [0.25, 0.3) is 11.8 Å². The maximum absolute atomic E-state index is 13.5. The Hall–Kier alpha value is -5.98. The number of Topliss-reactive ketones (excluding diaryl/α,β-unsaturated/α-hetero) is 1. The van der Waals surface area contributed by atoms with Crippen molar-refractivity contribution in [2.24, 2.45) is 5.92 Å². The van der Waals surface area contributed by atoms with Crippen LogP contribution in [0, 0.1) is 5.92 Å². The number of aromatic hydroxyl groups is 2. The normalized spacial score (nSPS) is 15.4. The molecule has 0 radical (unpaired) electrons. The summed E-state index contributed by atoms with van der Waals surface area (Å²) >= 11 is 0. The van der Waals surface area contributed by atoms with E-state index >= 15 is 0 Å². The first-order valence-electron chi connectivity index (χ1n) is 17.3. The van der Waals surface area contributed by atoms with E-state index in [-0.39, 0.29) is 70.0 Å². The minimum absolute atomic E-state index is 0.0619. The summed E-state index contributed by atoms with van der Waals surface area (Å²) in [5.41, 5.74) is 0.365. The highest BCUT2D eigenvalue weighted by molar-refractivity contribution is 6.12. The van der Waals surface area contributed by atoms with Crippen LogP contribution in [0.4, 0.5) is 0 Å². The number of ether oxygens (including phenoxy) is 2. The molecule has 52 heavy (non-hydrogen) atoms. The van der Waals surface area contributed by atoms with Crippen LogP contribution in [-0.2, 0) is 29.5 Å². The number of unbranched alkanes of at least 4 members (excludes halogenated alkanes) is 3. The topological polar surface area (TPSA) is 189 Å².